The van der Waals surface area contributed by atoms with Crippen molar-refractivity contribution in [1.82, 2.24) is 4.90 Å². The molecule has 27 heavy (non-hydrogen) atoms. The second-order valence-corrected chi connectivity index (χ2v) is 6.66. The van der Waals surface area contributed by atoms with Gasteiger partial charge in [0.05, 0.1) is 18.9 Å². The molecule has 0 saturated heterocycles. The van der Waals surface area contributed by atoms with Crippen molar-refractivity contribution in [3.8, 4) is 5.75 Å². The van der Waals surface area contributed by atoms with Gasteiger partial charge < -0.3 is 14.5 Å². The lowest BCUT2D eigenvalue weighted by atomic mass is 10.0. The van der Waals surface area contributed by atoms with Gasteiger partial charge >= 0.3 is 0 Å². The lowest BCUT2D eigenvalue weighted by molar-refractivity contribution is -0.142. The molecule has 2 aromatic rings. The number of hydrogen-bond donors (Lipinski definition) is 0. The molecule has 2 atom stereocenters. The molecular weight excluding hydrogens is 347 g/mol. The van der Waals surface area contributed by atoms with Gasteiger partial charge in [0.25, 0.3) is 5.91 Å². The third kappa shape index (κ3) is 4.45. The highest BCUT2D eigenvalue weighted by Gasteiger charge is 2.32. The van der Waals surface area contributed by atoms with Gasteiger partial charge in [-0.15, -0.1) is 0 Å². The first-order valence-corrected chi connectivity index (χ1v) is 8.84. The number of likely N-dealkylation sites (N-methyl/N-ethyl adjacent to an activating group) is 1. The molecule has 1 aliphatic rings. The molecule has 2 aromatic carbocycles. The van der Waals surface area contributed by atoms with Crippen LogP contribution in [0.15, 0.2) is 53.7 Å². The maximum atomic E-state index is 13.0. The number of oxime groups is 1. The molecule has 1 amide bonds. The van der Waals surface area contributed by atoms with Gasteiger partial charge in [-0.3, -0.25) is 4.79 Å². The first-order valence-electron chi connectivity index (χ1n) is 8.84. The Morgan fingerprint density at radius 1 is 1.26 bits per heavy atom. The lowest BCUT2D eigenvalue weighted by Gasteiger charge is -2.27. The van der Waals surface area contributed by atoms with Gasteiger partial charge in [0, 0.05) is 19.9 Å². The Bertz CT molecular complexity index is 818. The number of rotatable bonds is 6. The Morgan fingerprint density at radius 3 is 2.56 bits per heavy atom. The van der Waals surface area contributed by atoms with Crippen LogP contribution >= 0.6 is 0 Å². The van der Waals surface area contributed by atoms with Crippen LogP contribution in [0.3, 0.4) is 0 Å². The molecule has 6 heteroatoms. The minimum absolute atomic E-state index is 0.104. The highest BCUT2D eigenvalue weighted by molar-refractivity contribution is 5.94. The molecule has 3 rings (SSSR count). The molecule has 142 valence electrons. The molecule has 0 spiro atoms. The quantitative estimate of drug-likeness (QED) is 0.778. The predicted octanol–water partition coefficient (Wildman–Crippen LogP) is 3.74. The molecule has 0 aromatic heterocycles. The average Bonchev–Trinajstić information content (AvgIpc) is 3.16. The van der Waals surface area contributed by atoms with E-state index in [1.54, 1.807) is 31.2 Å². The van der Waals surface area contributed by atoms with Crippen molar-refractivity contribution in [2.45, 2.75) is 31.9 Å². The van der Waals surface area contributed by atoms with Crippen molar-refractivity contribution < 1.29 is 18.8 Å². The summed E-state index contributed by atoms with van der Waals surface area (Å²) in [6.07, 6.45) is 0.365. The Kier molecular flexibility index (Phi) is 5.74. The monoisotopic (exact) mass is 370 g/mol. The summed E-state index contributed by atoms with van der Waals surface area (Å²) in [4.78, 5) is 19.8. The number of benzene rings is 2. The van der Waals surface area contributed by atoms with E-state index >= 15 is 0 Å². The Morgan fingerprint density at radius 2 is 1.93 bits per heavy atom. The van der Waals surface area contributed by atoms with Crippen LogP contribution in [0.25, 0.3) is 0 Å². The van der Waals surface area contributed by atoms with E-state index in [-0.39, 0.29) is 17.8 Å². The molecule has 0 saturated carbocycles. The molecule has 5 nitrogen and oxygen atoms in total. The van der Waals surface area contributed by atoms with Gasteiger partial charge in [0.2, 0.25) is 6.10 Å². The van der Waals surface area contributed by atoms with Gasteiger partial charge in [-0.25, -0.2) is 4.39 Å². The molecule has 0 radical (unpaired) electrons. The summed E-state index contributed by atoms with van der Waals surface area (Å²) in [6, 6.07) is 13.8. The van der Waals surface area contributed by atoms with Crippen LogP contribution in [-0.4, -0.2) is 36.8 Å². The first kappa shape index (κ1) is 18.9. The fourth-order valence-electron chi connectivity index (χ4n) is 3.03. The van der Waals surface area contributed by atoms with Crippen LogP contribution in [0.5, 0.6) is 5.75 Å². The summed E-state index contributed by atoms with van der Waals surface area (Å²) < 4.78 is 18.2. The highest BCUT2D eigenvalue weighted by atomic mass is 19.1. The maximum Gasteiger partial charge on any atom is 0.267 e. The average molecular weight is 370 g/mol. The van der Waals surface area contributed by atoms with E-state index in [0.717, 1.165) is 22.6 Å². The van der Waals surface area contributed by atoms with Crippen LogP contribution in [-0.2, 0) is 16.1 Å². The van der Waals surface area contributed by atoms with Crippen molar-refractivity contribution in [2.75, 3.05) is 14.2 Å². The van der Waals surface area contributed by atoms with Crippen LogP contribution in [0, 0.1) is 5.82 Å². The first-order chi connectivity index (χ1) is 13.0. The van der Waals surface area contributed by atoms with Gasteiger partial charge in [-0.05, 0) is 42.3 Å². The van der Waals surface area contributed by atoms with Crippen LogP contribution in [0.1, 0.15) is 30.5 Å². The topological polar surface area (TPSA) is 51.1 Å². The van der Waals surface area contributed by atoms with E-state index in [0.29, 0.717) is 12.8 Å². The van der Waals surface area contributed by atoms with E-state index in [4.69, 9.17) is 9.57 Å². The van der Waals surface area contributed by atoms with Gasteiger partial charge in [-0.2, -0.15) is 0 Å². The zero-order chi connectivity index (χ0) is 19.4. The largest absolute Gasteiger partial charge is 0.497 e. The molecule has 2 unspecified atom stereocenters. The Labute approximate surface area is 158 Å². The number of amides is 1. The number of halogens is 1. The second kappa shape index (κ2) is 8.20. The standard InChI is InChI=1S/C21H23FN2O3/c1-14(16-6-10-19(26-3)11-7-16)24(2)21(25)20-13-18(23-27-20)12-15-4-8-17(22)9-5-15/h4-11,14,20H,12-13H2,1-3H3. The summed E-state index contributed by atoms with van der Waals surface area (Å²) in [5.41, 5.74) is 2.73. The van der Waals surface area contributed by atoms with Crippen molar-refractivity contribution in [3.05, 3.63) is 65.5 Å². The molecule has 1 heterocycles. The fraction of sp³-hybridized carbons (Fsp3) is 0.333. The molecule has 0 bridgehead atoms. The van der Waals surface area contributed by atoms with Crippen LogP contribution in [0.4, 0.5) is 4.39 Å². The van der Waals surface area contributed by atoms with E-state index in [2.05, 4.69) is 5.16 Å². The number of methoxy groups -OCH3 is 1. The smallest absolute Gasteiger partial charge is 0.267 e. The zero-order valence-corrected chi connectivity index (χ0v) is 15.7. The highest BCUT2D eigenvalue weighted by Crippen LogP contribution is 2.24. The van der Waals surface area contributed by atoms with Crippen molar-refractivity contribution in [1.29, 1.82) is 0 Å². The van der Waals surface area contributed by atoms with E-state index in [1.807, 2.05) is 31.2 Å². The summed E-state index contributed by atoms with van der Waals surface area (Å²) in [5.74, 6) is 0.389. The molecule has 0 aliphatic carbocycles. The van der Waals surface area contributed by atoms with Gasteiger partial charge in [-0.1, -0.05) is 29.4 Å². The minimum Gasteiger partial charge on any atom is -0.497 e. The van der Waals surface area contributed by atoms with Crippen molar-refractivity contribution in [2.24, 2.45) is 5.16 Å². The summed E-state index contributed by atoms with van der Waals surface area (Å²) >= 11 is 0. The van der Waals surface area contributed by atoms with Crippen molar-refractivity contribution in [3.63, 3.8) is 0 Å². The third-order valence-corrected chi connectivity index (χ3v) is 4.85. The molecule has 0 N–H and O–H groups in total. The van der Waals surface area contributed by atoms with E-state index < -0.39 is 6.10 Å². The summed E-state index contributed by atoms with van der Waals surface area (Å²) in [6.45, 7) is 1.97. The predicted molar refractivity (Wildman–Crippen MR) is 101 cm³/mol. The van der Waals surface area contributed by atoms with E-state index in [9.17, 15) is 9.18 Å². The normalized spacial score (nSPS) is 17.0. The van der Waals surface area contributed by atoms with Gasteiger partial charge in [0.15, 0.2) is 0 Å². The van der Waals surface area contributed by atoms with Crippen LogP contribution < -0.4 is 4.74 Å². The number of hydrogen-bond acceptors (Lipinski definition) is 4. The van der Waals surface area contributed by atoms with Crippen molar-refractivity contribution >= 4 is 11.6 Å². The second-order valence-electron chi connectivity index (χ2n) is 6.66. The third-order valence-electron chi connectivity index (χ3n) is 4.85. The minimum atomic E-state index is -0.619. The number of ether oxygens (including phenoxy) is 1. The summed E-state index contributed by atoms with van der Waals surface area (Å²) in [7, 11) is 3.38. The molecule has 0 fully saturated rings. The number of carbonyl (C=O) groups excluding carboxylic acids is 1. The molecular formula is C21H23FN2O3. The van der Waals surface area contributed by atoms with Gasteiger partial charge in [0.1, 0.15) is 11.6 Å². The zero-order valence-electron chi connectivity index (χ0n) is 15.7. The number of nitrogens with zero attached hydrogens (tertiary/aromatic N) is 2. The van der Waals surface area contributed by atoms with E-state index in [1.165, 1.54) is 12.1 Å². The molecule has 1 aliphatic heterocycles. The Balaban J connectivity index is 1.58. The SMILES string of the molecule is COc1ccc(C(C)N(C)C(=O)C2CC(Cc3ccc(F)cc3)=NO2)cc1. The fourth-order valence-corrected chi connectivity index (χ4v) is 3.03. The Hall–Kier alpha value is -2.89. The maximum absolute atomic E-state index is 13.0. The van der Waals surface area contributed by atoms with Crippen LogP contribution in [0.2, 0.25) is 0 Å². The number of carbonyl (C=O) groups is 1. The lowest BCUT2D eigenvalue weighted by Crippen LogP contribution is -2.38. The summed E-state index contributed by atoms with van der Waals surface area (Å²) in [5, 5.41) is 4.05.